The zero-order valence-corrected chi connectivity index (χ0v) is 16.2. The first-order valence-corrected chi connectivity index (χ1v) is 7.78. The number of halogens is 4. The standard InChI is InChI=1S/C16H23F3N4.HI/c1-3-21-15(20-2)22-14-8-9-23(11-14)10-12-4-6-13(7-5-12)16(17,18)19;/h4-7,14H,3,8-11H2,1-2H3,(H2,20,21,22);1H. The van der Waals surface area contributed by atoms with E-state index in [4.69, 9.17) is 0 Å². The number of hydrogen-bond acceptors (Lipinski definition) is 2. The lowest BCUT2D eigenvalue weighted by molar-refractivity contribution is -0.137. The van der Waals surface area contributed by atoms with Crippen LogP contribution in [0.2, 0.25) is 0 Å². The Morgan fingerprint density at radius 2 is 1.96 bits per heavy atom. The van der Waals surface area contributed by atoms with E-state index >= 15 is 0 Å². The van der Waals surface area contributed by atoms with Crippen LogP contribution in [0.1, 0.15) is 24.5 Å². The molecule has 1 aromatic rings. The summed E-state index contributed by atoms with van der Waals surface area (Å²) in [5.74, 6) is 0.786. The highest BCUT2D eigenvalue weighted by molar-refractivity contribution is 14.0. The first-order chi connectivity index (χ1) is 10.9. The fourth-order valence-electron chi connectivity index (χ4n) is 2.71. The van der Waals surface area contributed by atoms with Crippen LogP contribution in [0.3, 0.4) is 0 Å². The van der Waals surface area contributed by atoms with Crippen LogP contribution in [0, 0.1) is 0 Å². The van der Waals surface area contributed by atoms with Crippen LogP contribution >= 0.6 is 24.0 Å². The first-order valence-electron chi connectivity index (χ1n) is 7.78. The molecular weight excluding hydrogens is 432 g/mol. The maximum absolute atomic E-state index is 12.6. The van der Waals surface area contributed by atoms with Crippen molar-refractivity contribution in [2.24, 2.45) is 4.99 Å². The van der Waals surface area contributed by atoms with E-state index in [1.807, 2.05) is 6.92 Å². The number of nitrogens with one attached hydrogen (secondary N) is 2. The Kier molecular flexibility index (Phi) is 8.28. The Bertz CT molecular complexity index is 531. The molecule has 2 rings (SSSR count). The Hall–Kier alpha value is -1.03. The summed E-state index contributed by atoms with van der Waals surface area (Å²) in [6.07, 6.45) is -3.28. The van der Waals surface area contributed by atoms with Gasteiger partial charge in [0.2, 0.25) is 0 Å². The first kappa shape index (κ1) is 21.0. The SMILES string of the molecule is CCNC(=NC)NC1CCN(Cc2ccc(C(F)(F)F)cc2)C1.I. The lowest BCUT2D eigenvalue weighted by Gasteiger charge is -2.18. The maximum atomic E-state index is 12.6. The van der Waals surface area contributed by atoms with Gasteiger partial charge in [0.1, 0.15) is 0 Å². The van der Waals surface area contributed by atoms with Crippen molar-refractivity contribution in [3.63, 3.8) is 0 Å². The van der Waals surface area contributed by atoms with Gasteiger partial charge in [-0.15, -0.1) is 24.0 Å². The minimum absolute atomic E-state index is 0. The molecule has 8 heteroatoms. The molecule has 1 unspecified atom stereocenters. The van der Waals surface area contributed by atoms with Crippen molar-refractivity contribution in [1.29, 1.82) is 0 Å². The number of benzene rings is 1. The second-order valence-electron chi connectivity index (χ2n) is 5.66. The third kappa shape index (κ3) is 6.12. The summed E-state index contributed by atoms with van der Waals surface area (Å²) >= 11 is 0. The average Bonchev–Trinajstić information content (AvgIpc) is 2.93. The zero-order valence-electron chi connectivity index (χ0n) is 13.9. The van der Waals surface area contributed by atoms with Crippen molar-refractivity contribution in [2.75, 3.05) is 26.7 Å². The van der Waals surface area contributed by atoms with Crippen LogP contribution < -0.4 is 10.6 Å². The summed E-state index contributed by atoms with van der Waals surface area (Å²) in [5.41, 5.74) is 0.298. The Balaban J connectivity index is 0.00000288. The molecule has 0 amide bonds. The predicted molar refractivity (Wildman–Crippen MR) is 101 cm³/mol. The van der Waals surface area contributed by atoms with Crippen LogP contribution in [-0.4, -0.2) is 43.6 Å². The van der Waals surface area contributed by atoms with Crippen molar-refractivity contribution in [2.45, 2.75) is 32.1 Å². The number of nitrogens with zero attached hydrogens (tertiary/aromatic N) is 2. The number of likely N-dealkylation sites (tertiary alicyclic amines) is 1. The van der Waals surface area contributed by atoms with E-state index in [2.05, 4.69) is 20.5 Å². The molecule has 0 aromatic heterocycles. The van der Waals surface area contributed by atoms with Gasteiger partial charge in [0.15, 0.2) is 5.96 Å². The summed E-state index contributed by atoms with van der Waals surface area (Å²) < 4.78 is 37.7. The minimum Gasteiger partial charge on any atom is -0.357 e. The lowest BCUT2D eigenvalue weighted by Crippen LogP contribution is -2.44. The zero-order chi connectivity index (χ0) is 16.9. The van der Waals surface area contributed by atoms with Gasteiger partial charge >= 0.3 is 6.18 Å². The molecule has 0 radical (unpaired) electrons. The Morgan fingerprint density at radius 3 is 2.50 bits per heavy atom. The van der Waals surface area contributed by atoms with Crippen molar-refractivity contribution in [3.05, 3.63) is 35.4 Å². The quantitative estimate of drug-likeness (QED) is 0.416. The highest BCUT2D eigenvalue weighted by atomic mass is 127. The smallest absolute Gasteiger partial charge is 0.357 e. The molecule has 0 aliphatic carbocycles. The maximum Gasteiger partial charge on any atom is 0.416 e. The van der Waals surface area contributed by atoms with E-state index < -0.39 is 11.7 Å². The van der Waals surface area contributed by atoms with Gasteiger partial charge in [-0.2, -0.15) is 13.2 Å². The van der Waals surface area contributed by atoms with E-state index in [0.29, 0.717) is 12.6 Å². The molecule has 2 N–H and O–H groups in total. The Morgan fingerprint density at radius 1 is 1.29 bits per heavy atom. The predicted octanol–water partition coefficient (Wildman–Crippen LogP) is 3.08. The summed E-state index contributed by atoms with van der Waals surface area (Å²) in [4.78, 5) is 6.39. The molecule has 1 aliphatic rings. The molecule has 24 heavy (non-hydrogen) atoms. The van der Waals surface area contributed by atoms with Crippen LogP contribution in [0.15, 0.2) is 29.3 Å². The molecule has 0 saturated carbocycles. The molecule has 4 nitrogen and oxygen atoms in total. The van der Waals surface area contributed by atoms with Crippen LogP contribution in [0.4, 0.5) is 13.2 Å². The van der Waals surface area contributed by atoms with E-state index in [0.717, 1.165) is 49.7 Å². The third-order valence-electron chi connectivity index (χ3n) is 3.87. The molecule has 1 heterocycles. The number of hydrogen-bond donors (Lipinski definition) is 2. The summed E-state index contributed by atoms with van der Waals surface area (Å²) in [5, 5.41) is 6.52. The van der Waals surface area contributed by atoms with Crippen LogP contribution in [0.5, 0.6) is 0 Å². The van der Waals surface area contributed by atoms with Gasteiger partial charge in [0, 0.05) is 39.3 Å². The molecule has 1 aliphatic heterocycles. The molecule has 1 aromatic carbocycles. The van der Waals surface area contributed by atoms with E-state index in [-0.39, 0.29) is 24.0 Å². The van der Waals surface area contributed by atoms with E-state index in [1.54, 1.807) is 19.2 Å². The van der Waals surface area contributed by atoms with Gasteiger partial charge in [-0.3, -0.25) is 9.89 Å². The molecule has 0 spiro atoms. The monoisotopic (exact) mass is 456 g/mol. The summed E-state index contributed by atoms with van der Waals surface area (Å²) in [7, 11) is 1.74. The normalized spacial score (nSPS) is 19.0. The number of rotatable bonds is 4. The van der Waals surface area contributed by atoms with Crippen molar-refractivity contribution < 1.29 is 13.2 Å². The third-order valence-corrected chi connectivity index (χ3v) is 3.87. The average molecular weight is 456 g/mol. The van der Waals surface area contributed by atoms with E-state index in [9.17, 15) is 13.2 Å². The largest absolute Gasteiger partial charge is 0.416 e. The van der Waals surface area contributed by atoms with Crippen LogP contribution in [-0.2, 0) is 12.7 Å². The lowest BCUT2D eigenvalue weighted by atomic mass is 10.1. The fraction of sp³-hybridized carbons (Fsp3) is 0.562. The molecule has 1 saturated heterocycles. The van der Waals surface area contributed by atoms with Gasteiger partial charge in [0.25, 0.3) is 0 Å². The van der Waals surface area contributed by atoms with Crippen molar-refractivity contribution in [3.8, 4) is 0 Å². The van der Waals surface area contributed by atoms with Crippen molar-refractivity contribution in [1.82, 2.24) is 15.5 Å². The fourth-order valence-corrected chi connectivity index (χ4v) is 2.71. The van der Waals surface area contributed by atoms with Gasteiger partial charge in [-0.25, -0.2) is 0 Å². The minimum atomic E-state index is -4.27. The Labute approximate surface area is 157 Å². The molecule has 0 bridgehead atoms. The van der Waals surface area contributed by atoms with Gasteiger partial charge in [0.05, 0.1) is 5.56 Å². The second kappa shape index (κ2) is 9.45. The topological polar surface area (TPSA) is 39.7 Å². The number of aliphatic imine (C=N–C) groups is 1. The second-order valence-corrected chi connectivity index (χ2v) is 5.66. The van der Waals surface area contributed by atoms with Gasteiger partial charge in [-0.05, 0) is 31.0 Å². The molecule has 1 fully saturated rings. The number of guanidine groups is 1. The highest BCUT2D eigenvalue weighted by Gasteiger charge is 2.30. The highest BCUT2D eigenvalue weighted by Crippen LogP contribution is 2.29. The van der Waals surface area contributed by atoms with Crippen LogP contribution in [0.25, 0.3) is 0 Å². The number of alkyl halides is 3. The molecule has 136 valence electrons. The summed E-state index contributed by atoms with van der Waals surface area (Å²) in [6, 6.07) is 5.71. The molecule has 1 atom stereocenters. The molecular formula is C16H24F3IN4. The summed E-state index contributed by atoms with van der Waals surface area (Å²) in [6.45, 7) is 5.25. The van der Waals surface area contributed by atoms with Gasteiger partial charge in [-0.1, -0.05) is 12.1 Å². The van der Waals surface area contributed by atoms with Gasteiger partial charge < -0.3 is 10.6 Å². The van der Waals surface area contributed by atoms with E-state index in [1.165, 1.54) is 0 Å². The van der Waals surface area contributed by atoms with Crippen molar-refractivity contribution >= 4 is 29.9 Å².